The highest BCUT2D eigenvalue weighted by atomic mass is 19.1. The molecule has 0 bridgehead atoms. The molecule has 0 N–H and O–H groups in total. The highest BCUT2D eigenvalue weighted by Crippen LogP contribution is 2.05. The fourth-order valence-corrected chi connectivity index (χ4v) is 0.971. The summed E-state index contributed by atoms with van der Waals surface area (Å²) in [6.07, 6.45) is 1.24. The molecule has 0 aliphatic carbocycles. The van der Waals surface area contributed by atoms with E-state index in [9.17, 15) is 9.18 Å². The largest absolute Gasteiger partial charge is 0.307 e. The predicted octanol–water partition coefficient (Wildman–Crippen LogP) is 2.16. The van der Waals surface area contributed by atoms with E-state index in [0.29, 0.717) is 12.8 Å². The maximum absolute atomic E-state index is 12.4. The van der Waals surface area contributed by atoms with Gasteiger partial charge in [-0.1, -0.05) is 12.1 Å². The van der Waals surface area contributed by atoms with Gasteiger partial charge in [-0.3, -0.25) is 0 Å². The van der Waals surface area contributed by atoms with Crippen molar-refractivity contribution in [2.45, 2.75) is 19.8 Å². The molecule has 0 amide bonds. The van der Waals surface area contributed by atoms with Crippen LogP contribution in [0.4, 0.5) is 4.39 Å². The first-order valence-electron chi connectivity index (χ1n) is 4.21. The molecule has 0 fully saturated rings. The number of aryl methyl sites for hydroxylation is 1. The second-order valence-corrected chi connectivity index (χ2v) is 2.83. The van der Waals surface area contributed by atoms with Crippen molar-refractivity contribution in [2.75, 3.05) is 0 Å². The Kier molecular flexibility index (Phi) is 6.20. The molecule has 1 aromatic carbocycles. The smallest absolute Gasteiger partial charge is 0.130 e. The Morgan fingerprint density at radius 2 is 1.79 bits per heavy atom. The Morgan fingerprint density at radius 3 is 2.21 bits per heavy atom. The van der Waals surface area contributed by atoms with E-state index in [-0.39, 0.29) is 11.6 Å². The van der Waals surface area contributed by atoms with Crippen LogP contribution < -0.4 is 0 Å². The van der Waals surface area contributed by atoms with E-state index in [1.54, 1.807) is 19.1 Å². The summed E-state index contributed by atoms with van der Waals surface area (Å²) < 4.78 is 12.4. The Balaban J connectivity index is 0.000000791. The van der Waals surface area contributed by atoms with Gasteiger partial charge >= 0.3 is 0 Å². The summed E-state index contributed by atoms with van der Waals surface area (Å²) in [5.74, 6) is -0.0686. The molecule has 76 valence electrons. The van der Waals surface area contributed by atoms with Gasteiger partial charge in [0.2, 0.25) is 0 Å². The van der Waals surface area contributed by atoms with Gasteiger partial charge in [0.05, 0.1) is 0 Å². The molecule has 0 heterocycles. The van der Waals surface area contributed by atoms with Gasteiger partial charge in [0.15, 0.2) is 0 Å². The molecule has 2 nitrogen and oxygen atoms in total. The fourth-order valence-electron chi connectivity index (χ4n) is 0.971. The van der Waals surface area contributed by atoms with Gasteiger partial charge in [0, 0.05) is 6.42 Å². The third-order valence-corrected chi connectivity index (χ3v) is 1.68. The zero-order valence-corrected chi connectivity index (χ0v) is 8.13. The van der Waals surface area contributed by atoms with Gasteiger partial charge in [-0.05, 0) is 31.0 Å². The zero-order chi connectivity index (χ0) is 11.0. The Bertz CT molecular complexity index is 280. The first-order chi connectivity index (χ1) is 6.68. The van der Waals surface area contributed by atoms with Gasteiger partial charge in [-0.25, -0.2) is 4.39 Å². The summed E-state index contributed by atoms with van der Waals surface area (Å²) in [4.78, 5) is 18.6. The number of Topliss-reactive ketones (excluding diaryl/α,β-unsaturated/α-hetero) is 1. The van der Waals surface area contributed by atoms with E-state index in [1.807, 2.05) is 6.79 Å². The van der Waals surface area contributed by atoms with E-state index in [0.717, 1.165) is 5.56 Å². The molecule has 1 aromatic rings. The molecule has 0 spiro atoms. The zero-order valence-electron chi connectivity index (χ0n) is 8.13. The van der Waals surface area contributed by atoms with Crippen molar-refractivity contribution < 1.29 is 14.0 Å². The van der Waals surface area contributed by atoms with Crippen LogP contribution in [0.15, 0.2) is 24.3 Å². The van der Waals surface area contributed by atoms with Crippen LogP contribution in [0.3, 0.4) is 0 Å². The lowest BCUT2D eigenvalue weighted by Crippen LogP contribution is -1.93. The van der Waals surface area contributed by atoms with Crippen molar-refractivity contribution in [3.63, 3.8) is 0 Å². The highest BCUT2D eigenvalue weighted by Gasteiger charge is 1.96. The number of hydrogen-bond acceptors (Lipinski definition) is 2. The minimum absolute atomic E-state index is 0.166. The monoisotopic (exact) mass is 196 g/mol. The second kappa shape index (κ2) is 6.95. The third kappa shape index (κ3) is 5.19. The lowest BCUT2D eigenvalue weighted by Gasteiger charge is -1.97. The molecular formula is C11H13FO2. The molecule has 0 unspecified atom stereocenters. The number of carbonyl (C=O) groups is 2. The Labute approximate surface area is 82.8 Å². The highest BCUT2D eigenvalue weighted by molar-refractivity contribution is 5.75. The lowest BCUT2D eigenvalue weighted by molar-refractivity contribution is -0.117. The maximum Gasteiger partial charge on any atom is 0.130 e. The number of carbonyl (C=O) groups excluding carboxylic acids is 2. The fraction of sp³-hybridized carbons (Fsp3) is 0.273. The second-order valence-electron chi connectivity index (χ2n) is 2.83. The molecule has 0 aromatic heterocycles. The standard InChI is InChI=1S/C10H11FO.CH2O/c1-8(12)2-3-9-4-6-10(11)7-5-9;1-2/h4-7H,2-3H2,1H3;1H2. The van der Waals surface area contributed by atoms with Crippen LogP contribution >= 0.6 is 0 Å². The molecule has 0 saturated carbocycles. The van der Waals surface area contributed by atoms with Gasteiger partial charge < -0.3 is 9.59 Å². The summed E-state index contributed by atoms with van der Waals surface area (Å²) in [6, 6.07) is 6.24. The normalized spacial score (nSPS) is 8.71. The summed E-state index contributed by atoms with van der Waals surface area (Å²) in [7, 11) is 0. The summed E-state index contributed by atoms with van der Waals surface area (Å²) in [5.41, 5.74) is 1.01. The lowest BCUT2D eigenvalue weighted by atomic mass is 10.1. The van der Waals surface area contributed by atoms with Crippen LogP contribution in [0, 0.1) is 5.82 Å². The molecule has 0 aliphatic rings. The number of halogens is 1. The van der Waals surface area contributed by atoms with Gasteiger partial charge in [-0.2, -0.15) is 0 Å². The molecule has 1 rings (SSSR count). The molecule has 3 heteroatoms. The average molecular weight is 196 g/mol. The quantitative estimate of drug-likeness (QED) is 0.742. The minimum Gasteiger partial charge on any atom is -0.307 e. The van der Waals surface area contributed by atoms with Crippen LogP contribution in [-0.4, -0.2) is 12.6 Å². The van der Waals surface area contributed by atoms with Gasteiger partial charge in [0.1, 0.15) is 18.4 Å². The van der Waals surface area contributed by atoms with Crippen LogP contribution in [0.5, 0.6) is 0 Å². The summed E-state index contributed by atoms with van der Waals surface area (Å²) in [5, 5.41) is 0. The van der Waals surface area contributed by atoms with Crippen LogP contribution in [0.1, 0.15) is 18.9 Å². The van der Waals surface area contributed by atoms with Crippen molar-refractivity contribution in [3.8, 4) is 0 Å². The van der Waals surface area contributed by atoms with Crippen molar-refractivity contribution in [2.24, 2.45) is 0 Å². The minimum atomic E-state index is -0.235. The van der Waals surface area contributed by atoms with Crippen LogP contribution in [0.25, 0.3) is 0 Å². The maximum atomic E-state index is 12.4. The van der Waals surface area contributed by atoms with Crippen LogP contribution in [0.2, 0.25) is 0 Å². The number of rotatable bonds is 3. The van der Waals surface area contributed by atoms with Crippen LogP contribution in [-0.2, 0) is 16.0 Å². The van der Waals surface area contributed by atoms with Crippen molar-refractivity contribution in [1.82, 2.24) is 0 Å². The molecule has 0 radical (unpaired) electrons. The summed E-state index contributed by atoms with van der Waals surface area (Å²) in [6.45, 7) is 3.56. The Hall–Kier alpha value is -1.51. The number of hydrogen-bond donors (Lipinski definition) is 0. The van der Waals surface area contributed by atoms with E-state index >= 15 is 0 Å². The van der Waals surface area contributed by atoms with Crippen molar-refractivity contribution >= 4 is 12.6 Å². The van der Waals surface area contributed by atoms with Crippen molar-refractivity contribution in [3.05, 3.63) is 35.6 Å². The SMILES string of the molecule is C=O.CC(=O)CCc1ccc(F)cc1. The molecule has 0 aliphatic heterocycles. The van der Waals surface area contributed by atoms with Gasteiger partial charge in [0.25, 0.3) is 0 Å². The van der Waals surface area contributed by atoms with E-state index < -0.39 is 0 Å². The van der Waals surface area contributed by atoms with Gasteiger partial charge in [-0.15, -0.1) is 0 Å². The van der Waals surface area contributed by atoms with E-state index in [1.165, 1.54) is 12.1 Å². The van der Waals surface area contributed by atoms with Crippen molar-refractivity contribution in [1.29, 1.82) is 0 Å². The molecular weight excluding hydrogens is 183 g/mol. The Morgan fingerprint density at radius 1 is 1.29 bits per heavy atom. The van der Waals surface area contributed by atoms with E-state index in [2.05, 4.69) is 0 Å². The summed E-state index contributed by atoms with van der Waals surface area (Å²) >= 11 is 0. The molecule has 14 heavy (non-hydrogen) atoms. The first kappa shape index (κ1) is 12.5. The topological polar surface area (TPSA) is 34.1 Å². The number of benzene rings is 1. The number of ketones is 1. The third-order valence-electron chi connectivity index (χ3n) is 1.68. The predicted molar refractivity (Wildman–Crippen MR) is 52.5 cm³/mol. The van der Waals surface area contributed by atoms with E-state index in [4.69, 9.17) is 4.79 Å². The molecule has 0 saturated heterocycles. The first-order valence-corrected chi connectivity index (χ1v) is 4.21. The average Bonchev–Trinajstić information content (AvgIpc) is 2.20. The molecule has 0 atom stereocenters.